The van der Waals surface area contributed by atoms with Gasteiger partial charge in [0.05, 0.1) is 35.9 Å². The van der Waals surface area contributed by atoms with Crippen molar-refractivity contribution in [3.8, 4) is 11.1 Å². The van der Waals surface area contributed by atoms with E-state index in [1.165, 1.54) is 0 Å². The summed E-state index contributed by atoms with van der Waals surface area (Å²) in [6.07, 6.45) is 5.51. The van der Waals surface area contributed by atoms with E-state index < -0.39 is 11.9 Å². The first-order chi connectivity index (χ1) is 15.4. The number of nitrogens with one attached hydrogen (secondary N) is 3. The Balaban J connectivity index is 1.48. The Morgan fingerprint density at radius 1 is 1.22 bits per heavy atom. The van der Waals surface area contributed by atoms with E-state index >= 15 is 0 Å². The third-order valence-electron chi connectivity index (χ3n) is 5.08. The van der Waals surface area contributed by atoms with Gasteiger partial charge in [0, 0.05) is 18.0 Å². The topological polar surface area (TPSA) is 127 Å². The number of benzene rings is 1. The quantitative estimate of drug-likeness (QED) is 0.478. The molecular formula is C23H23N7O2. The molecule has 3 heterocycles. The molecule has 0 bridgehead atoms. The largest absolute Gasteiger partial charge is 0.395 e. The van der Waals surface area contributed by atoms with Crippen molar-refractivity contribution in [1.29, 1.82) is 0 Å². The lowest BCUT2D eigenvalue weighted by molar-refractivity contribution is -0.118. The summed E-state index contributed by atoms with van der Waals surface area (Å²) in [7, 11) is 0. The van der Waals surface area contributed by atoms with Crippen molar-refractivity contribution < 1.29 is 9.59 Å². The highest BCUT2D eigenvalue weighted by Gasteiger charge is 2.25. The van der Waals surface area contributed by atoms with Gasteiger partial charge in [-0.05, 0) is 36.2 Å². The van der Waals surface area contributed by atoms with Crippen LogP contribution < -0.4 is 21.7 Å². The Labute approximate surface area is 185 Å². The van der Waals surface area contributed by atoms with Crippen molar-refractivity contribution in [1.82, 2.24) is 30.7 Å². The SMILES string of the molecule is C=C1NC(=O)NC(C(=O)N[C@H](C)c2cccc(-c3cnn(Cc4ccccn4)c3)c2)=C1N. The van der Waals surface area contributed by atoms with E-state index in [1.807, 2.05) is 60.3 Å². The molecule has 0 aliphatic carbocycles. The highest BCUT2D eigenvalue weighted by molar-refractivity contribution is 6.00. The van der Waals surface area contributed by atoms with Crippen molar-refractivity contribution >= 4 is 11.9 Å². The highest BCUT2D eigenvalue weighted by Crippen LogP contribution is 2.23. The van der Waals surface area contributed by atoms with E-state index in [-0.39, 0.29) is 23.1 Å². The summed E-state index contributed by atoms with van der Waals surface area (Å²) in [6.45, 7) is 6.08. The minimum Gasteiger partial charge on any atom is -0.395 e. The van der Waals surface area contributed by atoms with E-state index in [9.17, 15) is 9.59 Å². The first-order valence-electron chi connectivity index (χ1n) is 10.0. The monoisotopic (exact) mass is 429 g/mol. The zero-order chi connectivity index (χ0) is 22.7. The molecule has 1 aliphatic rings. The van der Waals surface area contributed by atoms with Crippen LogP contribution in [0.25, 0.3) is 11.1 Å². The van der Waals surface area contributed by atoms with E-state index in [4.69, 9.17) is 5.73 Å². The van der Waals surface area contributed by atoms with Crippen LogP contribution in [-0.2, 0) is 11.3 Å². The fourth-order valence-corrected chi connectivity index (χ4v) is 3.34. The molecular weight excluding hydrogens is 406 g/mol. The first kappa shape index (κ1) is 20.9. The Kier molecular flexibility index (Phi) is 5.71. The van der Waals surface area contributed by atoms with Crippen molar-refractivity contribution in [2.24, 2.45) is 5.73 Å². The van der Waals surface area contributed by atoms with Crippen LogP contribution in [0.4, 0.5) is 4.79 Å². The van der Waals surface area contributed by atoms with Gasteiger partial charge in [-0.3, -0.25) is 14.5 Å². The van der Waals surface area contributed by atoms with Gasteiger partial charge in [0.1, 0.15) is 5.70 Å². The Bertz CT molecular complexity index is 1210. The van der Waals surface area contributed by atoms with Crippen LogP contribution in [-0.4, -0.2) is 26.7 Å². The predicted molar refractivity (Wildman–Crippen MR) is 120 cm³/mol. The van der Waals surface area contributed by atoms with Gasteiger partial charge >= 0.3 is 6.03 Å². The maximum absolute atomic E-state index is 12.7. The van der Waals surface area contributed by atoms with E-state index in [0.717, 1.165) is 22.4 Å². The van der Waals surface area contributed by atoms with Crippen molar-refractivity contribution in [3.63, 3.8) is 0 Å². The van der Waals surface area contributed by atoms with Gasteiger partial charge in [0.15, 0.2) is 0 Å². The number of pyridine rings is 1. The summed E-state index contributed by atoms with van der Waals surface area (Å²) in [4.78, 5) is 28.6. The van der Waals surface area contributed by atoms with Crippen molar-refractivity contribution in [3.05, 3.63) is 96.0 Å². The van der Waals surface area contributed by atoms with Crippen molar-refractivity contribution in [2.75, 3.05) is 0 Å². The number of nitrogens with two attached hydrogens (primary N) is 1. The number of aromatic nitrogens is 3. The Morgan fingerprint density at radius 2 is 2.06 bits per heavy atom. The number of rotatable bonds is 6. The van der Waals surface area contributed by atoms with Crippen LogP contribution in [0.5, 0.6) is 0 Å². The lowest BCUT2D eigenvalue weighted by Gasteiger charge is -2.22. The van der Waals surface area contributed by atoms with E-state index in [2.05, 4.69) is 32.6 Å². The molecule has 2 aromatic heterocycles. The molecule has 1 aromatic carbocycles. The summed E-state index contributed by atoms with van der Waals surface area (Å²) in [5.74, 6) is -0.486. The Morgan fingerprint density at radius 3 is 2.84 bits per heavy atom. The standard InChI is InChI=1S/C23H23N7O2/c1-14(27-22(31)21-20(24)15(2)28-23(32)29-21)16-6-5-7-17(10-16)18-11-26-30(12-18)13-19-8-3-4-9-25-19/h3-12,14H,2,13,24H2,1H3,(H,27,31)(H2,28,29,32)/t14-/m1/s1. The molecule has 0 fully saturated rings. The van der Waals surface area contributed by atoms with Gasteiger partial charge in [-0.25, -0.2) is 4.79 Å². The Hall–Kier alpha value is -4.40. The maximum atomic E-state index is 12.7. The van der Waals surface area contributed by atoms with Crippen LogP contribution in [0.3, 0.4) is 0 Å². The molecule has 0 radical (unpaired) electrons. The predicted octanol–water partition coefficient (Wildman–Crippen LogP) is 2.17. The van der Waals surface area contributed by atoms with Crippen LogP contribution in [0.2, 0.25) is 0 Å². The molecule has 9 heteroatoms. The van der Waals surface area contributed by atoms with Crippen LogP contribution in [0.1, 0.15) is 24.2 Å². The average Bonchev–Trinajstić information content (AvgIpc) is 3.25. The molecule has 4 rings (SSSR count). The molecule has 0 saturated heterocycles. The normalized spacial score (nSPS) is 14.5. The van der Waals surface area contributed by atoms with Gasteiger partial charge in [-0.1, -0.05) is 30.8 Å². The zero-order valence-corrected chi connectivity index (χ0v) is 17.5. The molecule has 32 heavy (non-hydrogen) atoms. The van der Waals surface area contributed by atoms with E-state index in [0.29, 0.717) is 6.54 Å². The van der Waals surface area contributed by atoms with E-state index in [1.54, 1.807) is 12.4 Å². The number of amides is 3. The molecule has 162 valence electrons. The first-order valence-corrected chi connectivity index (χ1v) is 10.0. The lowest BCUT2D eigenvalue weighted by atomic mass is 10.0. The second-order valence-corrected chi connectivity index (χ2v) is 7.41. The van der Waals surface area contributed by atoms with Gasteiger partial charge in [-0.2, -0.15) is 5.10 Å². The number of carbonyl (C=O) groups is 2. The fraction of sp³-hybridized carbons (Fsp3) is 0.130. The van der Waals surface area contributed by atoms with Gasteiger partial charge in [0.25, 0.3) is 5.91 Å². The second kappa shape index (κ2) is 8.76. The molecule has 5 N–H and O–H groups in total. The number of carbonyl (C=O) groups excluding carboxylic acids is 2. The summed E-state index contributed by atoms with van der Waals surface area (Å²) in [5, 5.41) is 12.1. The number of urea groups is 1. The lowest BCUT2D eigenvalue weighted by Crippen LogP contribution is -2.47. The molecule has 0 unspecified atom stereocenters. The fourth-order valence-electron chi connectivity index (χ4n) is 3.34. The molecule has 0 saturated carbocycles. The molecule has 1 atom stereocenters. The minimum absolute atomic E-state index is 0.0162. The smallest absolute Gasteiger partial charge is 0.323 e. The average molecular weight is 429 g/mol. The second-order valence-electron chi connectivity index (χ2n) is 7.41. The van der Waals surface area contributed by atoms with Gasteiger partial charge in [0.2, 0.25) is 0 Å². The molecule has 1 aliphatic heterocycles. The van der Waals surface area contributed by atoms with Gasteiger partial charge < -0.3 is 21.7 Å². The van der Waals surface area contributed by atoms with Crippen molar-refractivity contribution in [2.45, 2.75) is 19.5 Å². The number of hydrogen-bond donors (Lipinski definition) is 4. The summed E-state index contributed by atoms with van der Waals surface area (Å²) in [5.41, 5.74) is 9.91. The highest BCUT2D eigenvalue weighted by atomic mass is 16.2. The van der Waals surface area contributed by atoms with Crippen LogP contribution in [0.15, 0.2) is 84.7 Å². The molecule has 3 aromatic rings. The number of hydrogen-bond acceptors (Lipinski definition) is 5. The molecule has 3 amide bonds. The van der Waals surface area contributed by atoms with Crippen LogP contribution in [0, 0.1) is 0 Å². The summed E-state index contributed by atoms with van der Waals surface area (Å²) < 4.78 is 1.83. The molecule has 9 nitrogen and oxygen atoms in total. The maximum Gasteiger partial charge on any atom is 0.323 e. The minimum atomic E-state index is -0.549. The zero-order valence-electron chi connectivity index (χ0n) is 17.5. The summed E-state index contributed by atoms with van der Waals surface area (Å²) >= 11 is 0. The van der Waals surface area contributed by atoms with Gasteiger partial charge in [-0.15, -0.1) is 0 Å². The third kappa shape index (κ3) is 4.51. The molecule has 0 spiro atoms. The van der Waals surface area contributed by atoms with Crippen LogP contribution >= 0.6 is 0 Å². The number of nitrogens with zero attached hydrogens (tertiary/aromatic N) is 3. The third-order valence-corrected chi connectivity index (χ3v) is 5.08. The summed E-state index contributed by atoms with van der Waals surface area (Å²) in [6, 6.07) is 12.7.